The third-order valence-electron chi connectivity index (χ3n) is 1.90. The number of nitrogens with one attached hydrogen (secondary N) is 2. The Balaban J connectivity index is 2.94. The molecule has 0 aliphatic carbocycles. The fourth-order valence-electron chi connectivity index (χ4n) is 1.10. The highest BCUT2D eigenvalue weighted by Crippen LogP contribution is 2.21. The van der Waals surface area contributed by atoms with Gasteiger partial charge in [-0.3, -0.25) is 0 Å². The molecule has 0 saturated heterocycles. The Morgan fingerprint density at radius 3 is 2.53 bits per heavy atom. The lowest BCUT2D eigenvalue weighted by Gasteiger charge is -2.09. The van der Waals surface area contributed by atoms with Gasteiger partial charge in [-0.2, -0.15) is 13.5 Å². The summed E-state index contributed by atoms with van der Waals surface area (Å²) in [6, 6.07) is 0. The quantitative estimate of drug-likeness (QED) is 0.663. The van der Waals surface area contributed by atoms with Crippen molar-refractivity contribution >= 4 is 27.8 Å². The average Bonchev–Trinajstić information content (AvgIpc) is 2.44. The van der Waals surface area contributed by atoms with Crippen molar-refractivity contribution in [2.24, 2.45) is 7.05 Å². The molecule has 96 valence electrons. The second-order valence-corrected chi connectivity index (χ2v) is 4.59. The van der Waals surface area contributed by atoms with Gasteiger partial charge in [0.15, 0.2) is 5.82 Å². The molecule has 0 unspecified atom stereocenters. The summed E-state index contributed by atoms with van der Waals surface area (Å²) in [6.07, 6.45) is -1.10. The van der Waals surface area contributed by atoms with Crippen LogP contribution in [0.5, 0.6) is 0 Å². The summed E-state index contributed by atoms with van der Waals surface area (Å²) in [6.45, 7) is 1.63. The number of anilines is 2. The number of nitrogen functional groups attached to an aromatic ring is 1. The van der Waals surface area contributed by atoms with E-state index in [0.29, 0.717) is 5.69 Å². The Morgan fingerprint density at radius 1 is 1.53 bits per heavy atom. The summed E-state index contributed by atoms with van der Waals surface area (Å²) in [7, 11) is -1.53. The molecule has 0 fully saturated rings. The number of carbonyl (C=O) groups excluding carboxylic acids is 1. The van der Waals surface area contributed by atoms with Crippen LogP contribution in [0.4, 0.5) is 16.3 Å². The summed E-state index contributed by atoms with van der Waals surface area (Å²) in [5, 5.41) is 3.91. The molecule has 1 amide bonds. The first-order chi connectivity index (χ1) is 7.76. The van der Waals surface area contributed by atoms with Gasteiger partial charge < -0.3 is 10.5 Å². The van der Waals surface area contributed by atoms with E-state index in [0.717, 1.165) is 7.11 Å². The molecule has 17 heavy (non-hydrogen) atoms. The molecular weight excluding hydrogens is 250 g/mol. The number of hydrogen-bond donors (Lipinski definition) is 3. The van der Waals surface area contributed by atoms with Crippen LogP contribution in [0.15, 0.2) is 0 Å². The van der Waals surface area contributed by atoms with Crippen molar-refractivity contribution in [3.8, 4) is 0 Å². The molecule has 0 bridgehead atoms. The monoisotopic (exact) mass is 263 g/mol. The second kappa shape index (κ2) is 4.49. The summed E-state index contributed by atoms with van der Waals surface area (Å²) >= 11 is 0. The number of nitrogens with zero attached hydrogens (tertiary/aromatic N) is 2. The van der Waals surface area contributed by atoms with Gasteiger partial charge in [0.2, 0.25) is 0 Å². The minimum atomic E-state index is -4.09. The number of hydrogen-bond acceptors (Lipinski definition) is 6. The number of amides is 1. The van der Waals surface area contributed by atoms with Crippen molar-refractivity contribution < 1.29 is 17.9 Å². The van der Waals surface area contributed by atoms with Crippen LogP contribution in [0.3, 0.4) is 0 Å². The molecule has 1 aromatic rings. The van der Waals surface area contributed by atoms with Crippen LogP contribution in [0, 0.1) is 6.92 Å². The Kier molecular flexibility index (Phi) is 3.46. The highest BCUT2D eigenvalue weighted by molar-refractivity contribution is 7.91. The van der Waals surface area contributed by atoms with E-state index in [4.69, 9.17) is 5.73 Å². The van der Waals surface area contributed by atoms with Crippen LogP contribution in [-0.2, 0) is 22.0 Å². The zero-order valence-electron chi connectivity index (χ0n) is 9.51. The van der Waals surface area contributed by atoms with Crippen LogP contribution in [0.25, 0.3) is 0 Å². The van der Waals surface area contributed by atoms with Gasteiger partial charge in [-0.25, -0.2) is 18.9 Å². The lowest BCUT2D eigenvalue weighted by Crippen LogP contribution is -2.35. The molecule has 0 radical (unpaired) electrons. The van der Waals surface area contributed by atoms with E-state index in [2.05, 4.69) is 14.6 Å². The van der Waals surface area contributed by atoms with Gasteiger partial charge in [-0.15, -0.1) is 0 Å². The summed E-state index contributed by atoms with van der Waals surface area (Å²) in [4.78, 5) is 10.8. The molecule has 4 N–H and O–H groups in total. The number of rotatable bonds is 3. The first-order valence-electron chi connectivity index (χ1n) is 4.44. The maximum atomic E-state index is 11.5. The van der Waals surface area contributed by atoms with E-state index in [1.165, 1.54) is 11.7 Å². The van der Waals surface area contributed by atoms with Gasteiger partial charge in [0.05, 0.1) is 18.5 Å². The second-order valence-electron chi connectivity index (χ2n) is 3.17. The smallest absolute Gasteiger partial charge is 0.422 e. The summed E-state index contributed by atoms with van der Waals surface area (Å²) in [5.41, 5.74) is 6.28. The van der Waals surface area contributed by atoms with E-state index in [-0.39, 0.29) is 11.5 Å². The maximum Gasteiger partial charge on any atom is 0.422 e. The van der Waals surface area contributed by atoms with Gasteiger partial charge in [0.25, 0.3) is 0 Å². The molecule has 10 heteroatoms. The molecule has 0 aromatic carbocycles. The van der Waals surface area contributed by atoms with Crippen molar-refractivity contribution in [1.82, 2.24) is 14.5 Å². The SMILES string of the molecule is COC(=O)NS(=O)(=O)Nc1c(N)c(C)nn1C. The van der Waals surface area contributed by atoms with Crippen LogP contribution in [-0.4, -0.2) is 31.4 Å². The lowest BCUT2D eigenvalue weighted by molar-refractivity contribution is 0.177. The van der Waals surface area contributed by atoms with Gasteiger partial charge in [-0.05, 0) is 6.92 Å². The molecule has 1 aromatic heterocycles. The van der Waals surface area contributed by atoms with E-state index < -0.39 is 16.3 Å². The minimum Gasteiger partial charge on any atom is -0.452 e. The molecule has 0 saturated carbocycles. The third kappa shape index (κ3) is 3.00. The fourth-order valence-corrected chi connectivity index (χ4v) is 1.95. The van der Waals surface area contributed by atoms with Crippen LogP contribution in [0.2, 0.25) is 0 Å². The highest BCUT2D eigenvalue weighted by atomic mass is 32.2. The van der Waals surface area contributed by atoms with E-state index >= 15 is 0 Å². The highest BCUT2D eigenvalue weighted by Gasteiger charge is 2.19. The van der Waals surface area contributed by atoms with Crippen molar-refractivity contribution in [2.75, 3.05) is 17.6 Å². The summed E-state index contributed by atoms with van der Waals surface area (Å²) < 4.78 is 32.0. The number of nitrogens with two attached hydrogens (primary N) is 1. The van der Waals surface area contributed by atoms with Crippen LogP contribution in [0.1, 0.15) is 5.69 Å². The Bertz CT molecular complexity index is 535. The Hall–Kier alpha value is -1.97. The predicted molar refractivity (Wildman–Crippen MR) is 60.4 cm³/mol. The van der Waals surface area contributed by atoms with Crippen molar-refractivity contribution in [3.05, 3.63) is 5.69 Å². The first kappa shape index (κ1) is 13.1. The Morgan fingerprint density at radius 2 is 2.12 bits per heavy atom. The topological polar surface area (TPSA) is 128 Å². The standard InChI is InChI=1S/C7H13N5O4S/c1-4-5(8)6(12(2)9-4)10-17(14,15)11-7(13)16-3/h10H,8H2,1-3H3,(H,11,13). The van der Waals surface area contributed by atoms with E-state index in [1.807, 2.05) is 0 Å². The Labute approximate surface area is 98.1 Å². The number of methoxy groups -OCH3 is 1. The van der Waals surface area contributed by atoms with Crippen molar-refractivity contribution in [3.63, 3.8) is 0 Å². The largest absolute Gasteiger partial charge is 0.452 e. The average molecular weight is 263 g/mol. The molecule has 0 aliphatic heterocycles. The van der Waals surface area contributed by atoms with Gasteiger partial charge in [-0.1, -0.05) is 0 Å². The molecular formula is C7H13N5O4S. The van der Waals surface area contributed by atoms with Gasteiger partial charge >= 0.3 is 16.3 Å². The molecule has 1 heterocycles. The number of aryl methyl sites for hydroxylation is 2. The third-order valence-corrected chi connectivity index (χ3v) is 2.80. The molecule has 9 nitrogen and oxygen atoms in total. The van der Waals surface area contributed by atoms with E-state index in [9.17, 15) is 13.2 Å². The lowest BCUT2D eigenvalue weighted by atomic mass is 10.4. The predicted octanol–water partition coefficient (Wildman–Crippen LogP) is -0.677. The van der Waals surface area contributed by atoms with Crippen molar-refractivity contribution in [1.29, 1.82) is 0 Å². The molecule has 1 rings (SSSR count). The zero-order chi connectivity index (χ0) is 13.2. The van der Waals surface area contributed by atoms with E-state index in [1.54, 1.807) is 11.6 Å². The molecule has 0 atom stereocenters. The van der Waals surface area contributed by atoms with Gasteiger partial charge in [0, 0.05) is 7.05 Å². The van der Waals surface area contributed by atoms with Crippen LogP contribution >= 0.6 is 0 Å². The number of carbonyl (C=O) groups is 1. The maximum absolute atomic E-state index is 11.5. The normalized spacial score (nSPS) is 11.0. The minimum absolute atomic E-state index is 0.0684. The fraction of sp³-hybridized carbons (Fsp3) is 0.429. The van der Waals surface area contributed by atoms with Gasteiger partial charge in [0.1, 0.15) is 0 Å². The molecule has 0 aliphatic rings. The first-order valence-corrected chi connectivity index (χ1v) is 5.92. The van der Waals surface area contributed by atoms with Crippen LogP contribution < -0.4 is 15.2 Å². The number of ether oxygens (including phenoxy) is 1. The van der Waals surface area contributed by atoms with Crippen molar-refractivity contribution in [2.45, 2.75) is 6.92 Å². The molecule has 0 spiro atoms. The number of aromatic nitrogens is 2. The summed E-state index contributed by atoms with van der Waals surface area (Å²) in [5.74, 6) is 0.0684. The zero-order valence-corrected chi connectivity index (χ0v) is 10.3.